The molecule has 0 fully saturated rings. The van der Waals surface area contributed by atoms with Crippen molar-refractivity contribution < 1.29 is 9.35 Å². The first-order valence-corrected chi connectivity index (χ1v) is 9.73. The number of carbonyl (C=O) groups excluding carboxylic acids is 1. The molecule has 1 unspecified atom stereocenters. The van der Waals surface area contributed by atoms with E-state index in [2.05, 4.69) is 4.98 Å². The average molecular weight is 351 g/mol. The molecule has 0 aliphatic heterocycles. The van der Waals surface area contributed by atoms with Crippen LogP contribution in [0.2, 0.25) is 0 Å². The van der Waals surface area contributed by atoms with E-state index in [1.807, 2.05) is 17.5 Å². The van der Waals surface area contributed by atoms with E-state index >= 15 is 0 Å². The lowest BCUT2D eigenvalue weighted by Crippen LogP contribution is -2.11. The second-order valence-electron chi connectivity index (χ2n) is 4.79. The Morgan fingerprint density at radius 3 is 2.91 bits per heavy atom. The summed E-state index contributed by atoms with van der Waals surface area (Å²) in [5.74, 6) is 0.414. The normalized spacial score (nSPS) is 12.6. The molecule has 5 nitrogen and oxygen atoms in total. The number of hydrogen-bond donors (Lipinski definition) is 2. The predicted octanol–water partition coefficient (Wildman–Crippen LogP) is 2.58. The van der Waals surface area contributed by atoms with Gasteiger partial charge in [-0.1, -0.05) is 11.2 Å². The molecule has 0 saturated heterocycles. The number of primary amides is 1. The summed E-state index contributed by atoms with van der Waals surface area (Å²) in [7, 11) is 0. The number of nitrogens with zero attached hydrogens (tertiary/aromatic N) is 1. The van der Waals surface area contributed by atoms with Gasteiger partial charge in [0.1, 0.15) is 11.6 Å². The number of fused-ring (bicyclic) bond motifs is 1. The van der Waals surface area contributed by atoms with E-state index < -0.39 is 17.1 Å². The Labute approximate surface area is 138 Å². The number of hydrogen-bond acceptors (Lipinski definition) is 6. The molecule has 0 radical (unpaired) electrons. The van der Waals surface area contributed by atoms with E-state index in [1.54, 1.807) is 17.6 Å². The van der Waals surface area contributed by atoms with Gasteiger partial charge in [-0.2, -0.15) is 0 Å². The molecule has 1 amide bonds. The number of amides is 1. The van der Waals surface area contributed by atoms with Crippen molar-refractivity contribution in [3.8, 4) is 10.4 Å². The quantitative estimate of drug-likeness (QED) is 0.705. The second-order valence-corrected chi connectivity index (χ2v) is 8.28. The lowest BCUT2D eigenvalue weighted by Gasteiger charge is -2.00. The van der Waals surface area contributed by atoms with Crippen molar-refractivity contribution in [1.82, 2.24) is 4.98 Å². The van der Waals surface area contributed by atoms with Crippen molar-refractivity contribution in [3.05, 3.63) is 34.2 Å². The number of pyridine rings is 1. The molecule has 22 heavy (non-hydrogen) atoms. The molecule has 8 heteroatoms. The van der Waals surface area contributed by atoms with Gasteiger partial charge in [0, 0.05) is 22.0 Å². The van der Waals surface area contributed by atoms with Crippen LogP contribution in [0.3, 0.4) is 0 Å². The first-order chi connectivity index (χ1) is 10.5. The largest absolute Gasteiger partial charge is 0.616 e. The first kappa shape index (κ1) is 15.3. The number of aromatic nitrogens is 1. The Morgan fingerprint density at radius 1 is 1.45 bits per heavy atom. The van der Waals surface area contributed by atoms with Gasteiger partial charge < -0.3 is 16.0 Å². The van der Waals surface area contributed by atoms with Gasteiger partial charge in [0.2, 0.25) is 0 Å². The number of nitrogens with two attached hydrogens (primary N) is 2. The Morgan fingerprint density at radius 2 is 2.23 bits per heavy atom. The summed E-state index contributed by atoms with van der Waals surface area (Å²) in [5, 5.41) is 2.75. The fraction of sp³-hybridized carbons (Fsp3) is 0.143. The zero-order valence-electron chi connectivity index (χ0n) is 11.7. The molecule has 3 rings (SSSR count). The van der Waals surface area contributed by atoms with Gasteiger partial charge in [0.15, 0.2) is 0 Å². The molecule has 4 N–H and O–H groups in total. The summed E-state index contributed by atoms with van der Waals surface area (Å²) in [5.41, 5.74) is 12.7. The average Bonchev–Trinajstić information content (AvgIpc) is 3.04. The van der Waals surface area contributed by atoms with Crippen molar-refractivity contribution in [2.24, 2.45) is 5.73 Å². The van der Waals surface area contributed by atoms with Crippen molar-refractivity contribution in [3.63, 3.8) is 0 Å². The molecule has 1 atom stereocenters. The number of rotatable bonds is 4. The highest BCUT2D eigenvalue weighted by molar-refractivity contribution is 7.90. The maximum Gasteiger partial charge on any atom is 0.251 e. The van der Waals surface area contributed by atoms with Gasteiger partial charge in [-0.05, 0) is 17.5 Å². The number of nitrogen functional groups attached to an aromatic ring is 1. The van der Waals surface area contributed by atoms with Gasteiger partial charge in [-0.3, -0.25) is 4.79 Å². The molecule has 0 aromatic carbocycles. The zero-order chi connectivity index (χ0) is 15.9. The molecule has 3 aromatic heterocycles. The Hall–Kier alpha value is -1.61. The Kier molecular flexibility index (Phi) is 4.09. The number of thiophene rings is 2. The predicted molar refractivity (Wildman–Crippen MR) is 93.6 cm³/mol. The minimum atomic E-state index is -0.865. The van der Waals surface area contributed by atoms with Crippen LogP contribution in [0.1, 0.15) is 15.2 Å². The molecule has 3 aromatic rings. The van der Waals surface area contributed by atoms with Crippen LogP contribution in [-0.2, 0) is 16.9 Å². The molecule has 0 bridgehead atoms. The fourth-order valence-electron chi connectivity index (χ4n) is 2.15. The van der Waals surface area contributed by atoms with Crippen molar-refractivity contribution in [2.45, 2.75) is 5.75 Å². The van der Waals surface area contributed by atoms with Crippen LogP contribution in [0.15, 0.2) is 23.7 Å². The van der Waals surface area contributed by atoms with Crippen molar-refractivity contribution >= 4 is 55.7 Å². The lowest BCUT2D eigenvalue weighted by molar-refractivity contribution is 0.100. The summed E-state index contributed by atoms with van der Waals surface area (Å²) in [6, 6.07) is 3.94. The molecule has 0 aliphatic carbocycles. The minimum absolute atomic E-state index is 0.380. The summed E-state index contributed by atoms with van der Waals surface area (Å²) >= 11 is 2.17. The Balaban J connectivity index is 2.08. The van der Waals surface area contributed by atoms with Crippen LogP contribution in [0.25, 0.3) is 20.5 Å². The topological polar surface area (TPSA) is 105 Å². The maximum absolute atomic E-state index is 11.5. The SMILES string of the molecule is C[S+]([O-])Cc1cc(-c2cc3c(N)ncc(C(N)=O)c3s2)cs1. The van der Waals surface area contributed by atoms with Gasteiger partial charge in [0.05, 0.1) is 21.4 Å². The van der Waals surface area contributed by atoms with Crippen LogP contribution in [-0.4, -0.2) is 21.7 Å². The Bertz CT molecular complexity index is 854. The molecule has 0 saturated carbocycles. The first-order valence-electron chi connectivity index (χ1n) is 6.31. The highest BCUT2D eigenvalue weighted by Crippen LogP contribution is 2.38. The number of anilines is 1. The van der Waals surface area contributed by atoms with Crippen LogP contribution in [0.4, 0.5) is 5.82 Å². The summed E-state index contributed by atoms with van der Waals surface area (Å²) in [6.07, 6.45) is 3.10. The van der Waals surface area contributed by atoms with Crippen LogP contribution in [0.5, 0.6) is 0 Å². The van der Waals surface area contributed by atoms with Crippen molar-refractivity contribution in [2.75, 3.05) is 12.0 Å². The van der Waals surface area contributed by atoms with E-state index in [0.717, 1.165) is 25.4 Å². The maximum atomic E-state index is 11.5. The smallest absolute Gasteiger partial charge is 0.251 e. The van der Waals surface area contributed by atoms with Gasteiger partial charge in [0.25, 0.3) is 5.91 Å². The van der Waals surface area contributed by atoms with E-state index in [0.29, 0.717) is 17.1 Å². The van der Waals surface area contributed by atoms with Gasteiger partial charge >= 0.3 is 0 Å². The van der Waals surface area contributed by atoms with Gasteiger partial charge in [-0.15, -0.1) is 22.7 Å². The third-order valence-electron chi connectivity index (χ3n) is 3.13. The van der Waals surface area contributed by atoms with Crippen LogP contribution in [0, 0.1) is 0 Å². The number of carbonyl (C=O) groups is 1. The minimum Gasteiger partial charge on any atom is -0.616 e. The second kappa shape index (κ2) is 5.88. The van der Waals surface area contributed by atoms with E-state index in [1.165, 1.54) is 17.5 Å². The third-order valence-corrected chi connectivity index (χ3v) is 6.19. The third kappa shape index (κ3) is 2.82. The van der Waals surface area contributed by atoms with E-state index in [-0.39, 0.29) is 0 Å². The monoisotopic (exact) mass is 351 g/mol. The van der Waals surface area contributed by atoms with Crippen LogP contribution < -0.4 is 11.5 Å². The van der Waals surface area contributed by atoms with Crippen molar-refractivity contribution in [1.29, 1.82) is 0 Å². The fourth-order valence-corrected chi connectivity index (χ4v) is 5.31. The van der Waals surface area contributed by atoms with E-state index in [4.69, 9.17) is 11.5 Å². The molecule has 3 heterocycles. The molecule has 114 valence electrons. The summed E-state index contributed by atoms with van der Waals surface area (Å²) in [6.45, 7) is 0. The highest BCUT2D eigenvalue weighted by Gasteiger charge is 2.16. The zero-order valence-corrected chi connectivity index (χ0v) is 14.1. The van der Waals surface area contributed by atoms with Gasteiger partial charge in [-0.25, -0.2) is 4.98 Å². The van der Waals surface area contributed by atoms with E-state index in [9.17, 15) is 9.35 Å². The highest BCUT2D eigenvalue weighted by atomic mass is 32.2. The van der Waals surface area contributed by atoms with Crippen LogP contribution >= 0.6 is 22.7 Å². The molecule has 0 aliphatic rings. The molecule has 0 spiro atoms. The molecular weight excluding hydrogens is 338 g/mol. The lowest BCUT2D eigenvalue weighted by atomic mass is 10.2. The summed E-state index contributed by atoms with van der Waals surface area (Å²) < 4.78 is 12.1. The standard InChI is InChI=1S/C14H13N3O2S3/c1-22(19)6-8-2-7(5-20-8)11-3-9-12(21-11)10(14(16)18)4-17-13(9)15/h2-5H,6H2,1H3,(H2,15,17)(H2,16,18). The molecular formula is C14H13N3O2S3. The summed E-state index contributed by atoms with van der Waals surface area (Å²) in [4.78, 5) is 17.6.